The number of carboxylic acid groups (broad SMARTS) is 1. The number of anilines is 2. The predicted molar refractivity (Wildman–Crippen MR) is 79.5 cm³/mol. The topological polar surface area (TPSA) is 92.5 Å². The molecule has 0 aromatic heterocycles. The number of benzene rings is 2. The van der Waals surface area contributed by atoms with E-state index in [1.54, 1.807) is 25.1 Å². The van der Waals surface area contributed by atoms with Gasteiger partial charge < -0.3 is 10.4 Å². The average molecular weight is 307 g/mol. The summed E-state index contributed by atoms with van der Waals surface area (Å²) in [6.07, 6.45) is 0. The normalized spacial score (nSPS) is 10.2. The summed E-state index contributed by atoms with van der Waals surface area (Å²) in [6, 6.07) is 9.07. The van der Waals surface area contributed by atoms with Crippen molar-refractivity contribution < 1.29 is 14.8 Å². The first-order chi connectivity index (χ1) is 9.90. The van der Waals surface area contributed by atoms with E-state index in [1.165, 1.54) is 18.2 Å². The summed E-state index contributed by atoms with van der Waals surface area (Å²) in [6.45, 7) is 1.63. The van der Waals surface area contributed by atoms with Crippen molar-refractivity contribution in [2.45, 2.75) is 6.92 Å². The Hall–Kier alpha value is -2.60. The highest BCUT2D eigenvalue weighted by Gasteiger charge is 2.14. The maximum Gasteiger partial charge on any atom is 0.337 e. The number of nitro groups is 1. The summed E-state index contributed by atoms with van der Waals surface area (Å²) in [7, 11) is 0. The zero-order chi connectivity index (χ0) is 15.6. The van der Waals surface area contributed by atoms with Crippen molar-refractivity contribution in [1.29, 1.82) is 0 Å². The molecular weight excluding hydrogens is 296 g/mol. The van der Waals surface area contributed by atoms with E-state index in [0.29, 0.717) is 16.9 Å². The summed E-state index contributed by atoms with van der Waals surface area (Å²) in [5.41, 5.74) is 1.60. The van der Waals surface area contributed by atoms with Gasteiger partial charge in [0.25, 0.3) is 5.69 Å². The van der Waals surface area contributed by atoms with Crippen LogP contribution in [0, 0.1) is 17.0 Å². The second-order valence-electron chi connectivity index (χ2n) is 4.33. The van der Waals surface area contributed by atoms with Gasteiger partial charge in [-0.15, -0.1) is 0 Å². The minimum atomic E-state index is -1.11. The molecule has 0 aliphatic heterocycles. The molecule has 0 saturated carbocycles. The first-order valence-corrected chi connectivity index (χ1v) is 6.32. The molecule has 7 heteroatoms. The number of nitrogens with one attached hydrogen (secondary N) is 1. The fourth-order valence-electron chi connectivity index (χ4n) is 1.88. The van der Waals surface area contributed by atoms with Gasteiger partial charge in [-0.25, -0.2) is 4.79 Å². The van der Waals surface area contributed by atoms with Gasteiger partial charge in [-0.05, 0) is 31.2 Å². The molecule has 0 aliphatic rings. The van der Waals surface area contributed by atoms with E-state index in [9.17, 15) is 14.9 Å². The predicted octanol–water partition coefficient (Wildman–Crippen LogP) is 4.00. The van der Waals surface area contributed by atoms with Crippen LogP contribution in [0.15, 0.2) is 36.4 Å². The van der Waals surface area contributed by atoms with E-state index in [4.69, 9.17) is 16.7 Å². The molecule has 2 N–H and O–H groups in total. The van der Waals surface area contributed by atoms with E-state index < -0.39 is 10.9 Å². The van der Waals surface area contributed by atoms with Gasteiger partial charge in [0, 0.05) is 17.4 Å². The molecule has 0 unspecified atom stereocenters. The standard InChI is InChI=1S/C14H11ClN2O4/c1-8-12(3-2-4-13(8)17(20)21)16-9-5-6-10(14(18)19)11(15)7-9/h2-7,16H,1H3,(H,18,19). The summed E-state index contributed by atoms with van der Waals surface area (Å²) < 4.78 is 0. The van der Waals surface area contributed by atoms with Crippen molar-refractivity contribution in [3.63, 3.8) is 0 Å². The van der Waals surface area contributed by atoms with Crippen LogP contribution in [0.5, 0.6) is 0 Å². The number of nitro benzene ring substituents is 1. The van der Waals surface area contributed by atoms with Crippen molar-refractivity contribution >= 4 is 34.6 Å². The van der Waals surface area contributed by atoms with Gasteiger partial charge in [-0.3, -0.25) is 10.1 Å². The number of carboxylic acids is 1. The Morgan fingerprint density at radius 2 is 2.05 bits per heavy atom. The van der Waals surface area contributed by atoms with Gasteiger partial charge in [0.2, 0.25) is 0 Å². The van der Waals surface area contributed by atoms with Crippen LogP contribution >= 0.6 is 11.6 Å². The lowest BCUT2D eigenvalue weighted by Crippen LogP contribution is -2.00. The Kier molecular flexibility index (Phi) is 4.09. The molecule has 2 aromatic rings. The third-order valence-corrected chi connectivity index (χ3v) is 3.29. The van der Waals surface area contributed by atoms with E-state index in [2.05, 4.69) is 5.32 Å². The SMILES string of the molecule is Cc1c(Nc2ccc(C(=O)O)c(Cl)c2)cccc1[N+](=O)[O-]. The molecule has 2 rings (SSSR count). The third-order valence-electron chi connectivity index (χ3n) is 2.98. The fourth-order valence-corrected chi connectivity index (χ4v) is 2.14. The van der Waals surface area contributed by atoms with Gasteiger partial charge >= 0.3 is 5.97 Å². The van der Waals surface area contributed by atoms with Crippen LogP contribution in [0.1, 0.15) is 15.9 Å². The van der Waals surface area contributed by atoms with Crippen LogP contribution in [0.25, 0.3) is 0 Å². The minimum absolute atomic E-state index is 0.00187. The second-order valence-corrected chi connectivity index (χ2v) is 4.74. The molecule has 0 aliphatic carbocycles. The summed E-state index contributed by atoms with van der Waals surface area (Å²) in [4.78, 5) is 21.3. The Labute approximate surface area is 125 Å². The van der Waals surface area contributed by atoms with Gasteiger partial charge in [0.1, 0.15) is 0 Å². The van der Waals surface area contributed by atoms with Crippen LogP contribution in [0.4, 0.5) is 17.1 Å². The molecule has 0 bridgehead atoms. The molecule has 0 heterocycles. The number of aromatic carboxylic acids is 1. The van der Waals surface area contributed by atoms with Crippen LogP contribution in [-0.2, 0) is 0 Å². The molecule has 0 atom stereocenters. The number of nitrogens with zero attached hydrogens (tertiary/aromatic N) is 1. The Morgan fingerprint density at radius 3 is 2.62 bits per heavy atom. The van der Waals surface area contributed by atoms with Gasteiger partial charge in [-0.1, -0.05) is 17.7 Å². The Balaban J connectivity index is 2.35. The monoisotopic (exact) mass is 306 g/mol. The smallest absolute Gasteiger partial charge is 0.337 e. The fraction of sp³-hybridized carbons (Fsp3) is 0.0714. The minimum Gasteiger partial charge on any atom is -0.478 e. The zero-order valence-electron chi connectivity index (χ0n) is 11.0. The van der Waals surface area contributed by atoms with Crippen LogP contribution in [0.3, 0.4) is 0 Å². The summed E-state index contributed by atoms with van der Waals surface area (Å²) in [5.74, 6) is -1.11. The maximum absolute atomic E-state index is 10.9. The second kappa shape index (κ2) is 5.80. The van der Waals surface area contributed by atoms with E-state index in [0.717, 1.165) is 0 Å². The molecule has 6 nitrogen and oxygen atoms in total. The Bertz CT molecular complexity index is 731. The number of hydrogen-bond donors (Lipinski definition) is 2. The molecule has 108 valence electrons. The van der Waals surface area contributed by atoms with Gasteiger partial charge in [0.15, 0.2) is 0 Å². The van der Waals surface area contributed by atoms with Crippen LogP contribution < -0.4 is 5.32 Å². The maximum atomic E-state index is 10.9. The van der Waals surface area contributed by atoms with Gasteiger partial charge in [0.05, 0.1) is 21.1 Å². The molecule has 0 fully saturated rings. The molecule has 0 radical (unpaired) electrons. The van der Waals surface area contributed by atoms with E-state index in [-0.39, 0.29) is 16.3 Å². The highest BCUT2D eigenvalue weighted by atomic mass is 35.5. The number of carbonyl (C=O) groups is 1. The lowest BCUT2D eigenvalue weighted by Gasteiger charge is -2.10. The van der Waals surface area contributed by atoms with Gasteiger partial charge in [-0.2, -0.15) is 0 Å². The van der Waals surface area contributed by atoms with Crippen molar-refractivity contribution in [1.82, 2.24) is 0 Å². The van der Waals surface area contributed by atoms with Crippen molar-refractivity contribution in [2.24, 2.45) is 0 Å². The lowest BCUT2D eigenvalue weighted by atomic mass is 10.1. The van der Waals surface area contributed by atoms with Crippen LogP contribution in [-0.4, -0.2) is 16.0 Å². The highest BCUT2D eigenvalue weighted by molar-refractivity contribution is 6.33. The number of hydrogen-bond acceptors (Lipinski definition) is 4. The average Bonchev–Trinajstić information content (AvgIpc) is 2.40. The first kappa shape index (κ1) is 14.8. The quantitative estimate of drug-likeness (QED) is 0.658. The lowest BCUT2D eigenvalue weighted by molar-refractivity contribution is -0.385. The zero-order valence-corrected chi connectivity index (χ0v) is 11.7. The molecule has 2 aromatic carbocycles. The van der Waals surface area contributed by atoms with Crippen molar-refractivity contribution in [3.05, 3.63) is 62.7 Å². The summed E-state index contributed by atoms with van der Waals surface area (Å²) >= 11 is 5.88. The number of halogens is 1. The summed E-state index contributed by atoms with van der Waals surface area (Å²) in [5, 5.41) is 22.9. The Morgan fingerprint density at radius 1 is 1.33 bits per heavy atom. The molecule has 0 saturated heterocycles. The first-order valence-electron chi connectivity index (χ1n) is 5.94. The number of rotatable bonds is 4. The highest BCUT2D eigenvalue weighted by Crippen LogP contribution is 2.29. The van der Waals surface area contributed by atoms with Crippen LogP contribution in [0.2, 0.25) is 5.02 Å². The third kappa shape index (κ3) is 3.11. The van der Waals surface area contributed by atoms with E-state index >= 15 is 0 Å². The largest absolute Gasteiger partial charge is 0.478 e. The van der Waals surface area contributed by atoms with Crippen molar-refractivity contribution in [2.75, 3.05) is 5.32 Å². The van der Waals surface area contributed by atoms with E-state index in [1.807, 2.05) is 0 Å². The van der Waals surface area contributed by atoms with Crippen molar-refractivity contribution in [3.8, 4) is 0 Å². The molecule has 21 heavy (non-hydrogen) atoms. The molecule has 0 spiro atoms. The molecule has 0 amide bonds. The molecular formula is C14H11ClN2O4.